The lowest BCUT2D eigenvalue weighted by Gasteiger charge is -2.15. The van der Waals surface area contributed by atoms with Crippen LogP contribution in [0.15, 0.2) is 16.6 Å². The van der Waals surface area contributed by atoms with Crippen LogP contribution in [0.2, 0.25) is 0 Å². The molecule has 1 N–H and O–H groups in total. The zero-order chi connectivity index (χ0) is 12.4. The highest BCUT2D eigenvalue weighted by atomic mass is 79.9. The van der Waals surface area contributed by atoms with Gasteiger partial charge in [0.05, 0.1) is 0 Å². The molecular weight excluding hydrogens is 282 g/mol. The van der Waals surface area contributed by atoms with Gasteiger partial charge in [0.15, 0.2) is 0 Å². The lowest BCUT2D eigenvalue weighted by Crippen LogP contribution is -2.27. The van der Waals surface area contributed by atoms with E-state index < -0.39 is 0 Å². The van der Waals surface area contributed by atoms with Crippen molar-refractivity contribution >= 4 is 27.5 Å². The van der Waals surface area contributed by atoms with E-state index in [1.807, 2.05) is 26.0 Å². The molecule has 0 saturated carbocycles. The molecule has 0 bridgehead atoms. The highest BCUT2D eigenvalue weighted by Gasteiger charge is 2.24. The third kappa shape index (κ3) is 2.87. The monoisotopic (exact) mass is 297 g/mol. The summed E-state index contributed by atoms with van der Waals surface area (Å²) in [5.41, 5.74) is 3.01. The first-order chi connectivity index (χ1) is 8.08. The fourth-order valence-corrected chi connectivity index (χ4v) is 2.78. The molecule has 1 aliphatic heterocycles. The van der Waals surface area contributed by atoms with Crippen molar-refractivity contribution in [2.75, 3.05) is 11.9 Å². The molecule has 0 aliphatic carbocycles. The summed E-state index contributed by atoms with van der Waals surface area (Å²) in [7, 11) is 0. The molecule has 0 radical (unpaired) electrons. The van der Waals surface area contributed by atoms with Gasteiger partial charge in [-0.05, 0) is 49.9 Å². The fourth-order valence-electron chi connectivity index (χ4n) is 2.10. The maximum absolute atomic E-state index is 12.0. The SMILES string of the molecule is Cc1cc(Br)cc(C)c1NC(=O)[C@H]1CCCO1. The van der Waals surface area contributed by atoms with Gasteiger partial charge in [-0.3, -0.25) is 4.79 Å². The van der Waals surface area contributed by atoms with Gasteiger partial charge in [-0.15, -0.1) is 0 Å². The van der Waals surface area contributed by atoms with Crippen molar-refractivity contribution in [3.63, 3.8) is 0 Å². The number of ether oxygens (including phenoxy) is 1. The molecule has 0 spiro atoms. The first kappa shape index (κ1) is 12.6. The van der Waals surface area contributed by atoms with Crippen LogP contribution >= 0.6 is 15.9 Å². The van der Waals surface area contributed by atoms with Crippen molar-refractivity contribution in [2.24, 2.45) is 0 Å². The van der Waals surface area contributed by atoms with Crippen LogP contribution in [0, 0.1) is 13.8 Å². The molecule has 1 fully saturated rings. The fraction of sp³-hybridized carbons (Fsp3) is 0.462. The van der Waals surface area contributed by atoms with Crippen LogP contribution in [0.1, 0.15) is 24.0 Å². The summed E-state index contributed by atoms with van der Waals surface area (Å²) in [6.07, 6.45) is 1.51. The average Bonchev–Trinajstić information content (AvgIpc) is 2.76. The van der Waals surface area contributed by atoms with Gasteiger partial charge in [-0.1, -0.05) is 15.9 Å². The lowest BCUT2D eigenvalue weighted by atomic mass is 10.1. The molecule has 0 aromatic heterocycles. The molecule has 1 aromatic carbocycles. The summed E-state index contributed by atoms with van der Waals surface area (Å²) in [5.74, 6) is -0.0315. The maximum atomic E-state index is 12.0. The summed E-state index contributed by atoms with van der Waals surface area (Å²) < 4.78 is 6.40. The van der Waals surface area contributed by atoms with Crippen molar-refractivity contribution in [1.29, 1.82) is 0 Å². The van der Waals surface area contributed by atoms with E-state index in [0.717, 1.165) is 34.1 Å². The molecule has 1 atom stereocenters. The van der Waals surface area contributed by atoms with Gasteiger partial charge in [0.1, 0.15) is 6.10 Å². The standard InChI is InChI=1S/C13H16BrNO2/c1-8-6-10(14)7-9(2)12(8)15-13(16)11-4-3-5-17-11/h6-7,11H,3-5H2,1-2H3,(H,15,16)/t11-/m1/s1. The molecule has 1 heterocycles. The summed E-state index contributed by atoms with van der Waals surface area (Å²) in [6.45, 7) is 4.67. The Bertz CT molecular complexity index is 416. The average molecular weight is 298 g/mol. The molecular formula is C13H16BrNO2. The summed E-state index contributed by atoms with van der Waals surface area (Å²) in [5, 5.41) is 2.96. The van der Waals surface area contributed by atoms with Crippen LogP contribution in [0.3, 0.4) is 0 Å². The molecule has 1 saturated heterocycles. The smallest absolute Gasteiger partial charge is 0.253 e. The number of rotatable bonds is 2. The highest BCUT2D eigenvalue weighted by Crippen LogP contribution is 2.26. The number of carbonyl (C=O) groups excluding carboxylic acids is 1. The third-order valence-corrected chi connectivity index (χ3v) is 3.43. The molecule has 1 aliphatic rings. The topological polar surface area (TPSA) is 38.3 Å². The Balaban J connectivity index is 2.15. The molecule has 1 aromatic rings. The number of halogens is 1. The Hall–Kier alpha value is -0.870. The number of anilines is 1. The normalized spacial score (nSPS) is 19.4. The largest absolute Gasteiger partial charge is 0.368 e. The van der Waals surface area contributed by atoms with Gasteiger partial charge >= 0.3 is 0 Å². The Kier molecular flexibility index (Phi) is 3.84. The van der Waals surface area contributed by atoms with Gasteiger partial charge in [-0.25, -0.2) is 0 Å². The van der Waals surface area contributed by atoms with E-state index in [4.69, 9.17) is 4.74 Å². The number of aryl methyl sites for hydroxylation is 2. The van der Waals surface area contributed by atoms with Crippen molar-refractivity contribution in [3.05, 3.63) is 27.7 Å². The van der Waals surface area contributed by atoms with Gasteiger partial charge in [0.2, 0.25) is 0 Å². The minimum atomic E-state index is -0.280. The van der Waals surface area contributed by atoms with E-state index >= 15 is 0 Å². The summed E-state index contributed by atoms with van der Waals surface area (Å²) >= 11 is 3.44. The van der Waals surface area contributed by atoms with Gasteiger partial charge in [-0.2, -0.15) is 0 Å². The molecule has 0 unspecified atom stereocenters. The number of amides is 1. The van der Waals surface area contributed by atoms with Crippen molar-refractivity contribution < 1.29 is 9.53 Å². The second-order valence-electron chi connectivity index (χ2n) is 4.41. The van der Waals surface area contributed by atoms with Gasteiger partial charge < -0.3 is 10.1 Å². The number of hydrogen-bond donors (Lipinski definition) is 1. The van der Waals surface area contributed by atoms with Crippen LogP contribution < -0.4 is 5.32 Å². The Morgan fingerprint density at radius 1 is 1.41 bits per heavy atom. The lowest BCUT2D eigenvalue weighted by molar-refractivity contribution is -0.124. The Labute approximate surface area is 110 Å². The Morgan fingerprint density at radius 3 is 2.59 bits per heavy atom. The van der Waals surface area contributed by atoms with Gasteiger partial charge in [0, 0.05) is 16.8 Å². The predicted molar refractivity (Wildman–Crippen MR) is 71.2 cm³/mol. The first-order valence-corrected chi connectivity index (χ1v) is 6.56. The molecule has 92 valence electrons. The zero-order valence-corrected chi connectivity index (χ0v) is 11.6. The van der Waals surface area contributed by atoms with Crippen molar-refractivity contribution in [1.82, 2.24) is 0 Å². The number of benzene rings is 1. The van der Waals surface area contributed by atoms with Crippen LogP contribution in [-0.4, -0.2) is 18.6 Å². The minimum Gasteiger partial charge on any atom is -0.368 e. The predicted octanol–water partition coefficient (Wildman–Crippen LogP) is 3.18. The number of hydrogen-bond acceptors (Lipinski definition) is 2. The molecule has 3 nitrogen and oxygen atoms in total. The minimum absolute atomic E-state index is 0.0315. The Morgan fingerprint density at radius 2 is 2.06 bits per heavy atom. The second-order valence-corrected chi connectivity index (χ2v) is 5.32. The van der Waals surface area contributed by atoms with Crippen LogP contribution in [0.4, 0.5) is 5.69 Å². The molecule has 1 amide bonds. The molecule has 17 heavy (non-hydrogen) atoms. The van der Waals surface area contributed by atoms with Crippen molar-refractivity contribution in [3.8, 4) is 0 Å². The quantitative estimate of drug-likeness (QED) is 0.910. The van der Waals surface area contributed by atoms with E-state index in [2.05, 4.69) is 21.2 Å². The first-order valence-electron chi connectivity index (χ1n) is 5.77. The van der Waals surface area contributed by atoms with E-state index in [-0.39, 0.29) is 12.0 Å². The molecule has 4 heteroatoms. The highest BCUT2D eigenvalue weighted by molar-refractivity contribution is 9.10. The third-order valence-electron chi connectivity index (χ3n) is 2.97. The zero-order valence-electron chi connectivity index (χ0n) is 10.0. The van der Waals surface area contributed by atoms with Gasteiger partial charge in [0.25, 0.3) is 5.91 Å². The van der Waals surface area contributed by atoms with E-state index in [0.29, 0.717) is 6.61 Å². The van der Waals surface area contributed by atoms with Crippen LogP contribution in [0.5, 0.6) is 0 Å². The summed E-state index contributed by atoms with van der Waals surface area (Å²) in [6, 6.07) is 4.00. The van der Waals surface area contributed by atoms with E-state index in [1.165, 1.54) is 0 Å². The number of nitrogens with one attached hydrogen (secondary N) is 1. The van der Waals surface area contributed by atoms with Crippen LogP contribution in [0.25, 0.3) is 0 Å². The molecule has 2 rings (SSSR count). The van der Waals surface area contributed by atoms with E-state index in [9.17, 15) is 4.79 Å². The van der Waals surface area contributed by atoms with E-state index in [1.54, 1.807) is 0 Å². The maximum Gasteiger partial charge on any atom is 0.253 e. The number of carbonyl (C=O) groups is 1. The van der Waals surface area contributed by atoms with Crippen LogP contribution in [-0.2, 0) is 9.53 Å². The van der Waals surface area contributed by atoms with Crippen molar-refractivity contribution in [2.45, 2.75) is 32.8 Å². The second kappa shape index (κ2) is 5.19. The summed E-state index contributed by atoms with van der Waals surface area (Å²) in [4.78, 5) is 12.0.